The number of methoxy groups -OCH3 is 1. The van der Waals surface area contributed by atoms with Gasteiger partial charge in [0.1, 0.15) is 23.7 Å². The molecule has 0 aliphatic heterocycles. The van der Waals surface area contributed by atoms with Gasteiger partial charge in [0.05, 0.1) is 16.6 Å². The summed E-state index contributed by atoms with van der Waals surface area (Å²) < 4.78 is 16.1. The fourth-order valence-corrected chi connectivity index (χ4v) is 2.56. The number of carbonyl (C=O) groups excluding carboxylic acids is 1. The summed E-state index contributed by atoms with van der Waals surface area (Å²) in [4.78, 5) is 23.5. The van der Waals surface area contributed by atoms with Gasteiger partial charge in [-0.1, -0.05) is 11.6 Å². The molecule has 0 bridgehead atoms. The predicted octanol–water partition coefficient (Wildman–Crippen LogP) is 4.05. The molecule has 0 unspecified atom stereocenters. The minimum absolute atomic E-state index is 0.0848. The molecule has 0 fully saturated rings. The third kappa shape index (κ3) is 5.19. The van der Waals surface area contributed by atoms with Crippen LogP contribution in [0.4, 0.5) is 0 Å². The van der Waals surface area contributed by atoms with Crippen molar-refractivity contribution < 1.29 is 28.9 Å². The Kier molecular flexibility index (Phi) is 6.81. The lowest BCUT2D eigenvalue weighted by Crippen LogP contribution is -2.12. The van der Waals surface area contributed by atoms with Crippen molar-refractivity contribution in [3.05, 3.63) is 57.0 Å². The smallest absolute Gasteiger partial charge is 0.343 e. The average molecular weight is 430 g/mol. The highest BCUT2D eigenvalue weighted by molar-refractivity contribution is 9.10. The minimum atomic E-state index is -1.24. The second kappa shape index (κ2) is 8.84. The fourth-order valence-electron chi connectivity index (χ4n) is 1.90. The molecule has 0 aliphatic carbocycles. The number of hydrogen-bond donors (Lipinski definition) is 1. The van der Waals surface area contributed by atoms with E-state index >= 15 is 0 Å². The molecule has 0 amide bonds. The van der Waals surface area contributed by atoms with Gasteiger partial charge in [-0.3, -0.25) is 0 Å². The van der Waals surface area contributed by atoms with E-state index < -0.39 is 11.9 Å². The fraction of sp³-hybridized carbons (Fsp3) is 0.176. The standard InChI is InChI=1S/C17H14BrClO6/c1-23-6-7-24-15-4-2-10(8-13(15)18)17(22)25-14-5-3-11(19)9-12(14)16(20)21/h2-5,8-9H,6-7H2,1H3,(H,20,21). The van der Waals surface area contributed by atoms with Crippen LogP contribution in [0.3, 0.4) is 0 Å². The van der Waals surface area contributed by atoms with Crippen molar-refractivity contribution in [3.63, 3.8) is 0 Å². The van der Waals surface area contributed by atoms with Gasteiger partial charge in [0, 0.05) is 12.1 Å². The third-order valence-electron chi connectivity index (χ3n) is 3.09. The van der Waals surface area contributed by atoms with Gasteiger partial charge < -0.3 is 19.3 Å². The van der Waals surface area contributed by atoms with Crippen LogP contribution in [-0.2, 0) is 4.74 Å². The summed E-state index contributed by atoms with van der Waals surface area (Å²) in [5.74, 6) is -1.48. The van der Waals surface area contributed by atoms with Crippen LogP contribution in [0, 0.1) is 0 Å². The number of hydrogen-bond acceptors (Lipinski definition) is 5. The SMILES string of the molecule is COCCOc1ccc(C(=O)Oc2ccc(Cl)cc2C(=O)O)cc1Br. The molecule has 2 rings (SSSR count). The van der Waals surface area contributed by atoms with Crippen molar-refractivity contribution >= 4 is 39.5 Å². The van der Waals surface area contributed by atoms with E-state index in [4.69, 9.17) is 25.8 Å². The molecule has 8 heteroatoms. The Labute approximate surface area is 157 Å². The number of ether oxygens (including phenoxy) is 3. The molecule has 6 nitrogen and oxygen atoms in total. The van der Waals surface area contributed by atoms with E-state index in [1.54, 1.807) is 13.2 Å². The lowest BCUT2D eigenvalue weighted by molar-refractivity contribution is 0.0681. The zero-order valence-corrected chi connectivity index (χ0v) is 15.5. The second-order valence-corrected chi connectivity index (χ2v) is 6.11. The Morgan fingerprint density at radius 1 is 1.12 bits per heavy atom. The van der Waals surface area contributed by atoms with E-state index in [1.807, 2.05) is 0 Å². The monoisotopic (exact) mass is 428 g/mol. The van der Waals surface area contributed by atoms with Crippen LogP contribution < -0.4 is 9.47 Å². The van der Waals surface area contributed by atoms with Crippen LogP contribution in [0.25, 0.3) is 0 Å². The number of carbonyl (C=O) groups is 2. The van der Waals surface area contributed by atoms with Crippen molar-refractivity contribution in [1.29, 1.82) is 0 Å². The van der Waals surface area contributed by atoms with E-state index in [2.05, 4.69) is 15.9 Å². The number of rotatable bonds is 7. The largest absolute Gasteiger partial charge is 0.490 e. The van der Waals surface area contributed by atoms with Crippen molar-refractivity contribution in [3.8, 4) is 11.5 Å². The van der Waals surface area contributed by atoms with Crippen molar-refractivity contribution in [2.24, 2.45) is 0 Å². The van der Waals surface area contributed by atoms with Crippen LogP contribution >= 0.6 is 27.5 Å². The number of halogens is 2. The van der Waals surface area contributed by atoms with Gasteiger partial charge in [-0.05, 0) is 52.3 Å². The Morgan fingerprint density at radius 3 is 2.48 bits per heavy atom. The molecular weight excluding hydrogens is 416 g/mol. The van der Waals surface area contributed by atoms with Gasteiger partial charge in [0.15, 0.2) is 0 Å². The van der Waals surface area contributed by atoms with Gasteiger partial charge in [-0.2, -0.15) is 0 Å². The summed E-state index contributed by atoms with van der Waals surface area (Å²) in [5, 5.41) is 9.41. The molecule has 0 heterocycles. The first kappa shape index (κ1) is 19.2. The average Bonchev–Trinajstić information content (AvgIpc) is 2.57. The highest BCUT2D eigenvalue weighted by atomic mass is 79.9. The Balaban J connectivity index is 2.16. The van der Waals surface area contributed by atoms with Crippen molar-refractivity contribution in [1.82, 2.24) is 0 Å². The summed E-state index contributed by atoms with van der Waals surface area (Å²) >= 11 is 9.09. The molecular formula is C17H14BrClO6. The minimum Gasteiger partial charge on any atom is -0.490 e. The van der Waals surface area contributed by atoms with Crippen LogP contribution in [0.1, 0.15) is 20.7 Å². The Hall–Kier alpha value is -2.09. The maximum absolute atomic E-state index is 12.3. The van der Waals surface area contributed by atoms with E-state index in [9.17, 15) is 14.7 Å². The summed E-state index contributed by atoms with van der Waals surface area (Å²) in [6.45, 7) is 0.802. The zero-order chi connectivity index (χ0) is 18.4. The number of carboxylic acid groups (broad SMARTS) is 1. The van der Waals surface area contributed by atoms with Gasteiger partial charge >= 0.3 is 11.9 Å². The molecule has 0 radical (unpaired) electrons. The van der Waals surface area contributed by atoms with Gasteiger partial charge in [-0.15, -0.1) is 0 Å². The van der Waals surface area contributed by atoms with Crippen molar-refractivity contribution in [2.75, 3.05) is 20.3 Å². The lowest BCUT2D eigenvalue weighted by Gasteiger charge is -2.10. The predicted molar refractivity (Wildman–Crippen MR) is 94.9 cm³/mol. The van der Waals surface area contributed by atoms with E-state index in [1.165, 1.54) is 30.3 Å². The maximum atomic E-state index is 12.3. The highest BCUT2D eigenvalue weighted by Crippen LogP contribution is 2.28. The number of esters is 1. The van der Waals surface area contributed by atoms with Crippen molar-refractivity contribution in [2.45, 2.75) is 0 Å². The van der Waals surface area contributed by atoms with Crippen LogP contribution in [0.5, 0.6) is 11.5 Å². The van der Waals surface area contributed by atoms with E-state index in [0.29, 0.717) is 23.4 Å². The molecule has 0 atom stereocenters. The van der Waals surface area contributed by atoms with Gasteiger partial charge in [0.2, 0.25) is 0 Å². The molecule has 1 N–H and O–H groups in total. The third-order valence-corrected chi connectivity index (χ3v) is 3.94. The quantitative estimate of drug-likeness (QED) is 0.406. The normalized spacial score (nSPS) is 10.4. The van der Waals surface area contributed by atoms with E-state index in [0.717, 1.165) is 0 Å². The number of aromatic carboxylic acids is 1. The molecule has 25 heavy (non-hydrogen) atoms. The summed E-state index contributed by atoms with van der Waals surface area (Å²) in [5.41, 5.74) is 0.0386. The van der Waals surface area contributed by atoms with Gasteiger partial charge in [0.25, 0.3) is 0 Å². The summed E-state index contributed by atoms with van der Waals surface area (Å²) in [7, 11) is 1.57. The Bertz CT molecular complexity index is 793. The molecule has 0 spiro atoms. The zero-order valence-electron chi connectivity index (χ0n) is 13.1. The highest BCUT2D eigenvalue weighted by Gasteiger charge is 2.17. The summed E-state index contributed by atoms with van der Waals surface area (Å²) in [6, 6.07) is 8.65. The molecule has 2 aromatic carbocycles. The molecule has 0 aliphatic rings. The molecule has 0 saturated carbocycles. The van der Waals surface area contributed by atoms with Crippen LogP contribution in [0.15, 0.2) is 40.9 Å². The van der Waals surface area contributed by atoms with Crippen LogP contribution in [-0.4, -0.2) is 37.4 Å². The lowest BCUT2D eigenvalue weighted by atomic mass is 10.2. The first-order valence-electron chi connectivity index (χ1n) is 7.08. The van der Waals surface area contributed by atoms with Gasteiger partial charge in [-0.25, -0.2) is 9.59 Å². The first-order valence-corrected chi connectivity index (χ1v) is 8.25. The molecule has 132 valence electrons. The Morgan fingerprint density at radius 2 is 1.84 bits per heavy atom. The number of carboxylic acids is 1. The molecule has 0 aromatic heterocycles. The first-order chi connectivity index (χ1) is 11.9. The maximum Gasteiger partial charge on any atom is 0.343 e. The molecule has 0 saturated heterocycles. The molecule has 2 aromatic rings. The van der Waals surface area contributed by atoms with Crippen LogP contribution in [0.2, 0.25) is 5.02 Å². The second-order valence-electron chi connectivity index (χ2n) is 4.82. The van der Waals surface area contributed by atoms with E-state index in [-0.39, 0.29) is 21.9 Å². The topological polar surface area (TPSA) is 82.1 Å². The summed E-state index contributed by atoms with van der Waals surface area (Å²) in [6.07, 6.45) is 0. The number of benzene rings is 2.